The highest BCUT2D eigenvalue weighted by Crippen LogP contribution is 2.48. The molecule has 0 unspecified atom stereocenters. The van der Waals surface area contributed by atoms with Gasteiger partial charge in [0.1, 0.15) is 0 Å². The van der Waals surface area contributed by atoms with E-state index < -0.39 is 0 Å². The van der Waals surface area contributed by atoms with Gasteiger partial charge in [0.2, 0.25) is 0 Å². The minimum absolute atomic E-state index is 0.604. The smallest absolute Gasteiger partial charge is 0.00737 e. The van der Waals surface area contributed by atoms with Crippen molar-refractivity contribution in [3.8, 4) is 0 Å². The van der Waals surface area contributed by atoms with E-state index in [1.807, 2.05) is 0 Å². The van der Waals surface area contributed by atoms with Gasteiger partial charge in [-0.15, -0.1) is 0 Å². The third kappa shape index (κ3) is 0.556. The molecule has 2 aliphatic carbocycles. The van der Waals surface area contributed by atoms with Crippen molar-refractivity contribution in [3.05, 3.63) is 0 Å². The second kappa shape index (κ2) is 1.03. The Morgan fingerprint density at radius 2 is 1.86 bits per heavy atom. The molecule has 2 N–H and O–H groups in total. The summed E-state index contributed by atoms with van der Waals surface area (Å²) in [6, 6.07) is 0.604. The van der Waals surface area contributed by atoms with Crippen LogP contribution in [-0.4, -0.2) is 6.04 Å². The lowest BCUT2D eigenvalue weighted by molar-refractivity contribution is 0.686. The number of nitrogens with two attached hydrogens (primary N) is 1. The number of hydrogen-bond donors (Lipinski definition) is 1. The van der Waals surface area contributed by atoms with Gasteiger partial charge in [-0.1, -0.05) is 0 Å². The van der Waals surface area contributed by atoms with Crippen molar-refractivity contribution >= 4 is 0 Å². The average Bonchev–Trinajstić information content (AvgIpc) is 2.23. The summed E-state index contributed by atoms with van der Waals surface area (Å²) in [5, 5.41) is 0. The van der Waals surface area contributed by atoms with Crippen molar-refractivity contribution in [1.29, 1.82) is 0 Å². The molecular weight excluding hydrogens is 86.1 g/mol. The quantitative estimate of drug-likeness (QED) is 0.513. The van der Waals surface area contributed by atoms with Gasteiger partial charge < -0.3 is 5.73 Å². The maximum atomic E-state index is 5.61. The molecule has 0 aromatic carbocycles. The summed E-state index contributed by atoms with van der Waals surface area (Å²) in [7, 11) is 0. The zero-order chi connectivity index (χ0) is 4.85. The second-order valence-electron chi connectivity index (χ2n) is 2.90. The third-order valence-electron chi connectivity index (χ3n) is 2.12. The topological polar surface area (TPSA) is 26.0 Å². The lowest BCUT2D eigenvalue weighted by Gasteiger charge is -1.83. The molecule has 2 atom stereocenters. The van der Waals surface area contributed by atoms with Crippen molar-refractivity contribution in [3.63, 3.8) is 0 Å². The van der Waals surface area contributed by atoms with Crippen molar-refractivity contribution in [2.24, 2.45) is 17.6 Å². The van der Waals surface area contributed by atoms with Crippen LogP contribution in [0.5, 0.6) is 0 Å². The standard InChI is InChI=1S/C6H11N/c7-6-3-5(6)4-1-2-4/h4-6H,1-3,7H2/t5-,6-/m1/s1. The molecule has 1 nitrogen and oxygen atoms in total. The van der Waals surface area contributed by atoms with Gasteiger partial charge in [0.25, 0.3) is 0 Å². The Hall–Kier alpha value is -0.0400. The first-order valence-corrected chi connectivity index (χ1v) is 3.13. The van der Waals surface area contributed by atoms with Gasteiger partial charge in [0.05, 0.1) is 0 Å². The summed E-state index contributed by atoms with van der Waals surface area (Å²) >= 11 is 0. The van der Waals surface area contributed by atoms with E-state index in [0.29, 0.717) is 6.04 Å². The van der Waals surface area contributed by atoms with E-state index in [-0.39, 0.29) is 0 Å². The first-order chi connectivity index (χ1) is 3.38. The van der Waals surface area contributed by atoms with Gasteiger partial charge >= 0.3 is 0 Å². The lowest BCUT2D eigenvalue weighted by Crippen LogP contribution is -2.02. The van der Waals surface area contributed by atoms with E-state index in [0.717, 1.165) is 11.8 Å². The van der Waals surface area contributed by atoms with Crippen LogP contribution in [-0.2, 0) is 0 Å². The fraction of sp³-hybridized carbons (Fsp3) is 1.00. The van der Waals surface area contributed by atoms with Gasteiger partial charge in [-0.25, -0.2) is 0 Å². The van der Waals surface area contributed by atoms with E-state index in [4.69, 9.17) is 5.73 Å². The van der Waals surface area contributed by atoms with Crippen molar-refractivity contribution in [1.82, 2.24) is 0 Å². The van der Waals surface area contributed by atoms with Crippen LogP contribution in [0.25, 0.3) is 0 Å². The summed E-state index contributed by atoms with van der Waals surface area (Å²) in [4.78, 5) is 0. The summed E-state index contributed by atoms with van der Waals surface area (Å²) in [6.45, 7) is 0. The minimum atomic E-state index is 0.604. The third-order valence-corrected chi connectivity index (χ3v) is 2.12. The SMILES string of the molecule is N[C@@H]1C[C@@H]1C1CC1. The normalized spacial score (nSPS) is 49.3. The molecular formula is C6H11N. The summed E-state index contributed by atoms with van der Waals surface area (Å²) in [5.74, 6) is 2.02. The molecule has 2 saturated carbocycles. The average molecular weight is 97.2 g/mol. The maximum Gasteiger partial charge on any atom is 0.00737 e. The first-order valence-electron chi connectivity index (χ1n) is 3.13. The molecule has 40 valence electrons. The van der Waals surface area contributed by atoms with Crippen molar-refractivity contribution < 1.29 is 0 Å². The molecule has 0 bridgehead atoms. The second-order valence-corrected chi connectivity index (χ2v) is 2.90. The zero-order valence-electron chi connectivity index (χ0n) is 4.43. The molecule has 0 amide bonds. The highest BCUT2D eigenvalue weighted by molar-refractivity contribution is 4.99. The van der Waals surface area contributed by atoms with Gasteiger partial charge in [0.15, 0.2) is 0 Å². The fourth-order valence-electron chi connectivity index (χ4n) is 1.30. The van der Waals surface area contributed by atoms with E-state index in [2.05, 4.69) is 0 Å². The van der Waals surface area contributed by atoms with Crippen molar-refractivity contribution in [2.45, 2.75) is 25.3 Å². The summed E-state index contributed by atoms with van der Waals surface area (Å²) in [6.07, 6.45) is 4.27. The van der Waals surface area contributed by atoms with Crippen LogP contribution in [0.4, 0.5) is 0 Å². The molecule has 7 heavy (non-hydrogen) atoms. The molecule has 2 fully saturated rings. The van der Waals surface area contributed by atoms with Crippen LogP contribution in [0.2, 0.25) is 0 Å². The predicted molar refractivity (Wildman–Crippen MR) is 28.8 cm³/mol. The zero-order valence-corrected chi connectivity index (χ0v) is 4.43. The Balaban J connectivity index is 1.88. The van der Waals surface area contributed by atoms with Crippen LogP contribution in [0.3, 0.4) is 0 Å². The molecule has 0 aromatic rings. The molecule has 0 radical (unpaired) electrons. The Kier molecular flexibility index (Phi) is 0.571. The molecule has 0 saturated heterocycles. The minimum Gasteiger partial charge on any atom is -0.327 e. The predicted octanol–water partition coefficient (Wildman–Crippen LogP) is 0.744. The monoisotopic (exact) mass is 97.1 g/mol. The maximum absolute atomic E-state index is 5.61. The Bertz CT molecular complexity index is 86.2. The Morgan fingerprint density at radius 1 is 1.29 bits per heavy atom. The number of hydrogen-bond acceptors (Lipinski definition) is 1. The van der Waals surface area contributed by atoms with Crippen LogP contribution in [0, 0.1) is 11.8 Å². The van der Waals surface area contributed by atoms with Gasteiger partial charge in [0, 0.05) is 6.04 Å². The highest BCUT2D eigenvalue weighted by atomic mass is 14.8. The van der Waals surface area contributed by atoms with Crippen LogP contribution < -0.4 is 5.73 Å². The van der Waals surface area contributed by atoms with Crippen LogP contribution in [0.1, 0.15) is 19.3 Å². The molecule has 2 aliphatic rings. The van der Waals surface area contributed by atoms with Crippen molar-refractivity contribution in [2.75, 3.05) is 0 Å². The van der Waals surface area contributed by atoms with E-state index in [1.54, 1.807) is 0 Å². The Morgan fingerprint density at radius 3 is 2.00 bits per heavy atom. The Labute approximate surface area is 43.9 Å². The van der Waals surface area contributed by atoms with E-state index in [1.165, 1.54) is 19.3 Å². The fourth-order valence-corrected chi connectivity index (χ4v) is 1.30. The molecule has 0 heterocycles. The van der Waals surface area contributed by atoms with E-state index >= 15 is 0 Å². The first kappa shape index (κ1) is 3.90. The summed E-state index contributed by atoms with van der Waals surface area (Å²) in [5.41, 5.74) is 5.61. The number of rotatable bonds is 1. The van der Waals surface area contributed by atoms with Crippen LogP contribution >= 0.6 is 0 Å². The van der Waals surface area contributed by atoms with Crippen LogP contribution in [0.15, 0.2) is 0 Å². The largest absolute Gasteiger partial charge is 0.327 e. The highest BCUT2D eigenvalue weighted by Gasteiger charge is 2.44. The lowest BCUT2D eigenvalue weighted by atomic mass is 10.3. The van der Waals surface area contributed by atoms with Gasteiger partial charge in [-0.2, -0.15) is 0 Å². The summed E-state index contributed by atoms with van der Waals surface area (Å²) < 4.78 is 0. The molecule has 1 heteroatoms. The molecule has 0 spiro atoms. The van der Waals surface area contributed by atoms with E-state index in [9.17, 15) is 0 Å². The van der Waals surface area contributed by atoms with Gasteiger partial charge in [-0.05, 0) is 31.1 Å². The molecule has 0 aromatic heterocycles. The molecule has 2 rings (SSSR count). The molecule has 0 aliphatic heterocycles. The van der Waals surface area contributed by atoms with Gasteiger partial charge in [-0.3, -0.25) is 0 Å².